The summed E-state index contributed by atoms with van der Waals surface area (Å²) in [4.78, 5) is 8.04. The summed E-state index contributed by atoms with van der Waals surface area (Å²) in [7, 11) is 0. The summed E-state index contributed by atoms with van der Waals surface area (Å²) in [6.45, 7) is 3.19. The normalized spacial score (nSPS) is 20.8. The fourth-order valence-corrected chi connectivity index (χ4v) is 4.16. The van der Waals surface area contributed by atoms with Crippen molar-refractivity contribution in [2.24, 2.45) is 0 Å². The van der Waals surface area contributed by atoms with Crippen molar-refractivity contribution < 1.29 is 0 Å². The molecule has 1 aliphatic rings. The zero-order chi connectivity index (χ0) is 13.1. The highest BCUT2D eigenvalue weighted by Gasteiger charge is 2.23. The van der Waals surface area contributed by atoms with E-state index >= 15 is 0 Å². The van der Waals surface area contributed by atoms with Crippen LogP contribution in [0, 0.1) is 0 Å². The maximum absolute atomic E-state index is 4.23. The fourth-order valence-electron chi connectivity index (χ4n) is 2.65. The summed E-state index contributed by atoms with van der Waals surface area (Å²) < 4.78 is 3.17. The molecule has 2 aromatic heterocycles. The van der Waals surface area contributed by atoms with Crippen molar-refractivity contribution in [3.8, 4) is 0 Å². The van der Waals surface area contributed by atoms with Crippen molar-refractivity contribution in [2.75, 3.05) is 6.54 Å². The molecule has 1 aliphatic heterocycles. The van der Waals surface area contributed by atoms with Gasteiger partial charge in [-0.3, -0.25) is 9.58 Å². The van der Waals surface area contributed by atoms with E-state index in [2.05, 4.69) is 43.0 Å². The molecule has 102 valence electrons. The lowest BCUT2D eigenvalue weighted by Gasteiger charge is -2.35. The van der Waals surface area contributed by atoms with E-state index in [9.17, 15) is 0 Å². The van der Waals surface area contributed by atoms with Crippen LogP contribution < -0.4 is 0 Å². The van der Waals surface area contributed by atoms with Gasteiger partial charge in [0.1, 0.15) is 12.7 Å². The molecule has 19 heavy (non-hydrogen) atoms. The highest BCUT2D eigenvalue weighted by atomic mass is 79.9. The summed E-state index contributed by atoms with van der Waals surface area (Å²) in [5.74, 6) is 0. The summed E-state index contributed by atoms with van der Waals surface area (Å²) in [5, 5.41) is 4.23. The van der Waals surface area contributed by atoms with E-state index in [0.717, 1.165) is 13.1 Å². The van der Waals surface area contributed by atoms with Crippen molar-refractivity contribution in [2.45, 2.75) is 38.4 Å². The standard InChI is InChI=1S/C13H17BrN4S/c14-13-5-4-12(19-13)8-17-6-2-1-3-11(17)7-18-10-15-9-16-18/h4-5,9-11H,1-3,6-8H2/t11-/m1/s1. The quantitative estimate of drug-likeness (QED) is 0.857. The van der Waals surface area contributed by atoms with Crippen molar-refractivity contribution in [1.82, 2.24) is 19.7 Å². The van der Waals surface area contributed by atoms with Gasteiger partial charge in [0.25, 0.3) is 0 Å². The second-order valence-corrected chi connectivity index (χ2v) is 7.49. The Morgan fingerprint density at radius 2 is 2.32 bits per heavy atom. The van der Waals surface area contributed by atoms with Crippen molar-refractivity contribution in [3.63, 3.8) is 0 Å². The Morgan fingerprint density at radius 1 is 1.37 bits per heavy atom. The average Bonchev–Trinajstić information content (AvgIpc) is 3.04. The predicted molar refractivity (Wildman–Crippen MR) is 80.1 cm³/mol. The van der Waals surface area contributed by atoms with E-state index in [4.69, 9.17) is 0 Å². The third kappa shape index (κ3) is 3.43. The molecular formula is C13H17BrN4S. The van der Waals surface area contributed by atoms with Crippen LogP contribution in [0.15, 0.2) is 28.6 Å². The molecule has 4 nitrogen and oxygen atoms in total. The molecule has 0 aromatic carbocycles. The van der Waals surface area contributed by atoms with E-state index in [1.54, 1.807) is 6.33 Å². The van der Waals surface area contributed by atoms with Gasteiger partial charge in [0.2, 0.25) is 0 Å². The molecule has 0 radical (unpaired) electrons. The van der Waals surface area contributed by atoms with Crippen LogP contribution in [0.3, 0.4) is 0 Å². The van der Waals surface area contributed by atoms with Gasteiger partial charge in [-0.1, -0.05) is 6.42 Å². The third-order valence-electron chi connectivity index (χ3n) is 3.60. The molecular weight excluding hydrogens is 324 g/mol. The Morgan fingerprint density at radius 3 is 3.05 bits per heavy atom. The van der Waals surface area contributed by atoms with Crippen LogP contribution >= 0.6 is 27.3 Å². The monoisotopic (exact) mass is 340 g/mol. The number of piperidine rings is 1. The van der Waals surface area contributed by atoms with Gasteiger partial charge >= 0.3 is 0 Å². The minimum Gasteiger partial charge on any atom is -0.293 e. The smallest absolute Gasteiger partial charge is 0.137 e. The number of aromatic nitrogens is 3. The molecule has 1 saturated heterocycles. The number of nitrogens with zero attached hydrogens (tertiary/aromatic N) is 4. The Balaban J connectivity index is 1.66. The topological polar surface area (TPSA) is 34.0 Å². The fraction of sp³-hybridized carbons (Fsp3) is 0.538. The minimum atomic E-state index is 0.580. The second-order valence-electron chi connectivity index (χ2n) is 4.94. The molecule has 0 N–H and O–H groups in total. The Bertz CT molecular complexity index is 510. The molecule has 0 spiro atoms. The van der Waals surface area contributed by atoms with E-state index in [1.165, 1.54) is 34.5 Å². The Hall–Kier alpha value is -0.720. The first-order valence-electron chi connectivity index (χ1n) is 6.62. The summed E-state index contributed by atoms with van der Waals surface area (Å²) >= 11 is 5.37. The number of halogens is 1. The Labute approximate surface area is 125 Å². The van der Waals surface area contributed by atoms with Crippen LogP contribution in [0.25, 0.3) is 0 Å². The van der Waals surface area contributed by atoms with Crippen LogP contribution in [-0.2, 0) is 13.1 Å². The van der Waals surface area contributed by atoms with Crippen molar-refractivity contribution in [3.05, 3.63) is 33.5 Å². The van der Waals surface area contributed by atoms with Crippen molar-refractivity contribution >= 4 is 27.3 Å². The van der Waals surface area contributed by atoms with Gasteiger partial charge in [-0.25, -0.2) is 4.98 Å². The van der Waals surface area contributed by atoms with Gasteiger partial charge < -0.3 is 0 Å². The van der Waals surface area contributed by atoms with Gasteiger partial charge in [-0.2, -0.15) is 5.10 Å². The van der Waals surface area contributed by atoms with Crippen LogP contribution in [0.4, 0.5) is 0 Å². The highest BCUT2D eigenvalue weighted by Crippen LogP contribution is 2.26. The molecule has 0 saturated carbocycles. The van der Waals surface area contributed by atoms with Crippen LogP contribution in [0.2, 0.25) is 0 Å². The maximum Gasteiger partial charge on any atom is 0.137 e. The molecule has 0 unspecified atom stereocenters. The van der Waals surface area contributed by atoms with Gasteiger partial charge in [0, 0.05) is 17.5 Å². The molecule has 0 amide bonds. The van der Waals surface area contributed by atoms with Gasteiger partial charge in [-0.05, 0) is 47.4 Å². The first-order chi connectivity index (χ1) is 9.31. The molecule has 2 aromatic rings. The van der Waals surface area contributed by atoms with Gasteiger partial charge in [0.15, 0.2) is 0 Å². The zero-order valence-corrected chi connectivity index (χ0v) is 13.1. The van der Waals surface area contributed by atoms with E-state index in [-0.39, 0.29) is 0 Å². The molecule has 1 atom stereocenters. The minimum absolute atomic E-state index is 0.580. The maximum atomic E-state index is 4.23. The average molecular weight is 341 g/mol. The number of thiophene rings is 1. The molecule has 0 bridgehead atoms. The largest absolute Gasteiger partial charge is 0.293 e. The first kappa shape index (κ1) is 13.3. The van der Waals surface area contributed by atoms with E-state index in [1.807, 2.05) is 22.3 Å². The van der Waals surface area contributed by atoms with Gasteiger partial charge in [0.05, 0.1) is 10.3 Å². The summed E-state index contributed by atoms with van der Waals surface area (Å²) in [6, 6.07) is 4.93. The molecule has 0 aliphatic carbocycles. The molecule has 1 fully saturated rings. The number of rotatable bonds is 4. The zero-order valence-electron chi connectivity index (χ0n) is 10.7. The number of likely N-dealkylation sites (tertiary alicyclic amines) is 1. The lowest BCUT2D eigenvalue weighted by molar-refractivity contribution is 0.123. The second kappa shape index (κ2) is 6.15. The summed E-state index contributed by atoms with van der Waals surface area (Å²) in [5.41, 5.74) is 0. The first-order valence-corrected chi connectivity index (χ1v) is 8.23. The van der Waals surface area contributed by atoms with Gasteiger partial charge in [-0.15, -0.1) is 11.3 Å². The van der Waals surface area contributed by atoms with E-state index < -0.39 is 0 Å². The van der Waals surface area contributed by atoms with Crippen LogP contribution in [0.5, 0.6) is 0 Å². The SMILES string of the molecule is Brc1ccc(CN2CCCC[C@@H]2Cn2cncn2)s1. The predicted octanol–water partition coefficient (Wildman–Crippen LogP) is 3.16. The van der Waals surface area contributed by atoms with E-state index in [0.29, 0.717) is 6.04 Å². The lowest BCUT2D eigenvalue weighted by Crippen LogP contribution is -2.41. The van der Waals surface area contributed by atoms with Crippen LogP contribution in [0.1, 0.15) is 24.1 Å². The summed E-state index contributed by atoms with van der Waals surface area (Å²) in [6.07, 6.45) is 7.31. The molecule has 3 rings (SSSR count). The lowest BCUT2D eigenvalue weighted by atomic mass is 10.0. The number of hydrogen-bond donors (Lipinski definition) is 0. The van der Waals surface area contributed by atoms with Crippen LogP contribution in [-0.4, -0.2) is 32.3 Å². The molecule has 3 heterocycles. The van der Waals surface area contributed by atoms with Crippen molar-refractivity contribution in [1.29, 1.82) is 0 Å². The molecule has 6 heteroatoms. The highest BCUT2D eigenvalue weighted by molar-refractivity contribution is 9.11. The Kier molecular flexibility index (Phi) is 4.30. The third-order valence-corrected chi connectivity index (χ3v) is 5.21. The number of hydrogen-bond acceptors (Lipinski definition) is 4.